The third kappa shape index (κ3) is 32.3. The molecule has 354 valence electrons. The van der Waals surface area contributed by atoms with E-state index in [2.05, 4.69) is 34.6 Å². The summed E-state index contributed by atoms with van der Waals surface area (Å²) in [5.74, 6) is 1.63. The van der Waals surface area contributed by atoms with Crippen molar-refractivity contribution in [2.75, 3.05) is 6.61 Å². The van der Waals surface area contributed by atoms with Gasteiger partial charge in [0, 0.05) is 5.92 Å². The maximum Gasteiger partial charge on any atom is 0.0681 e. The van der Waals surface area contributed by atoms with E-state index in [0.29, 0.717) is 11.5 Å². The van der Waals surface area contributed by atoms with Crippen molar-refractivity contribution >= 4 is 0 Å². The van der Waals surface area contributed by atoms with Crippen LogP contribution in [-0.4, -0.2) is 12.7 Å². The van der Waals surface area contributed by atoms with E-state index in [4.69, 9.17) is 4.74 Å². The van der Waals surface area contributed by atoms with Crippen molar-refractivity contribution in [1.29, 1.82) is 0 Å². The summed E-state index contributed by atoms with van der Waals surface area (Å²) in [6.07, 6.45) is 70.5. The molecular formula is C58H116O. The van der Waals surface area contributed by atoms with Crippen molar-refractivity contribution in [3.8, 4) is 0 Å². The topological polar surface area (TPSA) is 9.23 Å². The molecule has 1 fully saturated rings. The number of hydrogen-bond donors (Lipinski definition) is 0. The standard InChI is InChI=1S/C58H116O/c1-6-10-14-18-22-26-30-34-38-42-46-50-56(51-47-43-39-35-31-27-23-19-15-11-7-2)58(57-55(5)54-59-57,52-48-44-40-36-32-28-24-20-16-12-8-3)53-49-45-41-37-33-29-25-21-17-13-9-4/h55-57H,6-54H2,1-5H3. The fourth-order valence-corrected chi connectivity index (χ4v) is 11.2. The highest BCUT2D eigenvalue weighted by Crippen LogP contribution is 2.52. The Morgan fingerprint density at radius 3 is 0.746 bits per heavy atom. The summed E-state index contributed by atoms with van der Waals surface area (Å²) in [6.45, 7) is 12.9. The molecule has 0 aromatic rings. The first-order chi connectivity index (χ1) is 29.2. The van der Waals surface area contributed by atoms with Crippen LogP contribution in [0.25, 0.3) is 0 Å². The number of hydrogen-bond acceptors (Lipinski definition) is 1. The second kappa shape index (κ2) is 44.6. The molecule has 59 heavy (non-hydrogen) atoms. The molecule has 2 atom stereocenters. The Labute approximate surface area is 376 Å². The summed E-state index contributed by atoms with van der Waals surface area (Å²) >= 11 is 0. The van der Waals surface area contributed by atoms with Gasteiger partial charge in [-0.1, -0.05) is 317 Å². The zero-order valence-electron chi connectivity index (χ0n) is 42.3. The van der Waals surface area contributed by atoms with E-state index in [-0.39, 0.29) is 0 Å². The Morgan fingerprint density at radius 2 is 0.542 bits per heavy atom. The summed E-state index contributed by atoms with van der Waals surface area (Å²) in [5, 5.41) is 0. The van der Waals surface area contributed by atoms with E-state index in [0.717, 1.165) is 18.4 Å². The molecule has 0 bridgehead atoms. The van der Waals surface area contributed by atoms with Gasteiger partial charge >= 0.3 is 0 Å². The molecule has 1 aliphatic heterocycles. The van der Waals surface area contributed by atoms with Crippen LogP contribution < -0.4 is 0 Å². The van der Waals surface area contributed by atoms with Crippen molar-refractivity contribution in [3.05, 3.63) is 0 Å². The van der Waals surface area contributed by atoms with Crippen molar-refractivity contribution in [2.24, 2.45) is 17.3 Å². The van der Waals surface area contributed by atoms with Crippen LogP contribution in [0.15, 0.2) is 0 Å². The van der Waals surface area contributed by atoms with Crippen molar-refractivity contribution < 1.29 is 4.74 Å². The number of rotatable bonds is 50. The molecule has 1 heteroatoms. The van der Waals surface area contributed by atoms with Crippen LogP contribution in [0.5, 0.6) is 0 Å². The van der Waals surface area contributed by atoms with Gasteiger partial charge in [0.25, 0.3) is 0 Å². The maximum absolute atomic E-state index is 6.80. The molecule has 0 spiro atoms. The molecule has 1 aliphatic rings. The molecule has 2 unspecified atom stereocenters. The molecule has 1 rings (SSSR count). The van der Waals surface area contributed by atoms with E-state index in [1.807, 2.05) is 0 Å². The van der Waals surface area contributed by atoms with Gasteiger partial charge in [-0.25, -0.2) is 0 Å². The van der Waals surface area contributed by atoms with Crippen LogP contribution in [-0.2, 0) is 4.74 Å². The normalized spacial score (nSPS) is 15.8. The summed E-state index contributed by atoms with van der Waals surface area (Å²) in [5.41, 5.74) is 0.424. The molecule has 1 nitrogen and oxygen atoms in total. The lowest BCUT2D eigenvalue weighted by Crippen LogP contribution is -2.54. The maximum atomic E-state index is 6.80. The zero-order chi connectivity index (χ0) is 42.6. The SMILES string of the molecule is CCCCCCCCCCCCCC(CCCCCCCCCCCCC)C(CCCCCCCCCCCCC)(CCCCCCCCCCCCC)C1OCC1C. The first-order valence-corrected chi connectivity index (χ1v) is 28.8. The van der Waals surface area contributed by atoms with E-state index in [1.54, 1.807) is 0 Å². The summed E-state index contributed by atoms with van der Waals surface area (Å²) in [4.78, 5) is 0. The molecule has 1 heterocycles. The van der Waals surface area contributed by atoms with Gasteiger partial charge in [0.2, 0.25) is 0 Å². The van der Waals surface area contributed by atoms with Crippen LogP contribution in [0, 0.1) is 17.3 Å². The fourth-order valence-electron chi connectivity index (χ4n) is 11.2. The minimum absolute atomic E-state index is 0.424. The minimum atomic E-state index is 0.424. The summed E-state index contributed by atoms with van der Waals surface area (Å²) < 4.78 is 6.80. The van der Waals surface area contributed by atoms with E-state index in [1.165, 1.54) is 308 Å². The van der Waals surface area contributed by atoms with Gasteiger partial charge in [-0.3, -0.25) is 0 Å². The predicted molar refractivity (Wildman–Crippen MR) is 269 cm³/mol. The Balaban J connectivity index is 2.88. The van der Waals surface area contributed by atoms with E-state index >= 15 is 0 Å². The van der Waals surface area contributed by atoms with E-state index < -0.39 is 0 Å². The van der Waals surface area contributed by atoms with Crippen LogP contribution in [0.1, 0.15) is 343 Å². The minimum Gasteiger partial charge on any atom is -0.377 e. The quantitative estimate of drug-likeness (QED) is 0.0555. The molecule has 0 aromatic heterocycles. The first kappa shape index (κ1) is 57.0. The predicted octanol–water partition coefficient (Wildman–Crippen LogP) is 21.4. The summed E-state index contributed by atoms with van der Waals surface area (Å²) in [7, 11) is 0. The smallest absolute Gasteiger partial charge is 0.0681 e. The van der Waals surface area contributed by atoms with Crippen LogP contribution in [0.4, 0.5) is 0 Å². The van der Waals surface area contributed by atoms with Gasteiger partial charge < -0.3 is 4.74 Å². The summed E-state index contributed by atoms with van der Waals surface area (Å²) in [6, 6.07) is 0. The lowest BCUT2D eigenvalue weighted by molar-refractivity contribution is -0.198. The fraction of sp³-hybridized carbons (Fsp3) is 1.00. The zero-order valence-corrected chi connectivity index (χ0v) is 42.3. The lowest BCUT2D eigenvalue weighted by Gasteiger charge is -2.54. The number of unbranched alkanes of at least 4 members (excludes halogenated alkanes) is 40. The van der Waals surface area contributed by atoms with E-state index in [9.17, 15) is 0 Å². The molecule has 0 N–H and O–H groups in total. The van der Waals surface area contributed by atoms with Gasteiger partial charge in [0.1, 0.15) is 0 Å². The monoisotopic (exact) mass is 829 g/mol. The number of ether oxygens (including phenoxy) is 1. The van der Waals surface area contributed by atoms with Gasteiger partial charge in [0.15, 0.2) is 0 Å². The van der Waals surface area contributed by atoms with Crippen molar-refractivity contribution in [3.63, 3.8) is 0 Å². The molecule has 0 aromatic carbocycles. The van der Waals surface area contributed by atoms with Gasteiger partial charge in [-0.05, 0) is 37.0 Å². The van der Waals surface area contributed by atoms with Gasteiger partial charge in [-0.15, -0.1) is 0 Å². The molecule has 0 saturated carbocycles. The highest BCUT2D eigenvalue weighted by molar-refractivity contribution is 4.98. The van der Waals surface area contributed by atoms with Crippen LogP contribution in [0.2, 0.25) is 0 Å². The average molecular weight is 830 g/mol. The van der Waals surface area contributed by atoms with Crippen LogP contribution in [0.3, 0.4) is 0 Å². The largest absolute Gasteiger partial charge is 0.377 e. The van der Waals surface area contributed by atoms with Gasteiger partial charge in [-0.2, -0.15) is 0 Å². The third-order valence-electron chi connectivity index (χ3n) is 15.2. The van der Waals surface area contributed by atoms with Gasteiger partial charge in [0.05, 0.1) is 12.7 Å². The Kier molecular flexibility index (Phi) is 43.0. The average Bonchev–Trinajstić information content (AvgIpc) is 3.24. The molecule has 0 aliphatic carbocycles. The lowest BCUT2D eigenvalue weighted by atomic mass is 9.58. The van der Waals surface area contributed by atoms with Crippen molar-refractivity contribution in [1.82, 2.24) is 0 Å². The Morgan fingerprint density at radius 1 is 0.322 bits per heavy atom. The second-order valence-electron chi connectivity index (χ2n) is 20.9. The second-order valence-corrected chi connectivity index (χ2v) is 20.9. The molecule has 0 amide bonds. The third-order valence-corrected chi connectivity index (χ3v) is 15.2. The van der Waals surface area contributed by atoms with Crippen LogP contribution >= 0.6 is 0 Å². The van der Waals surface area contributed by atoms with Crippen molar-refractivity contribution in [2.45, 2.75) is 349 Å². The molecule has 1 saturated heterocycles. The Bertz CT molecular complexity index is 736. The molecular weight excluding hydrogens is 713 g/mol. The Hall–Kier alpha value is -0.0400. The molecule has 0 radical (unpaired) electrons. The highest BCUT2D eigenvalue weighted by Gasteiger charge is 2.50. The highest BCUT2D eigenvalue weighted by atomic mass is 16.5. The first-order valence-electron chi connectivity index (χ1n) is 28.8.